The summed E-state index contributed by atoms with van der Waals surface area (Å²) < 4.78 is 5.56. The molecule has 0 aromatic heterocycles. The summed E-state index contributed by atoms with van der Waals surface area (Å²) in [4.78, 5) is 15.0. The number of nitrogens with zero attached hydrogens (tertiary/aromatic N) is 1. The first kappa shape index (κ1) is 24.9. The van der Waals surface area contributed by atoms with Gasteiger partial charge in [-0.3, -0.25) is 4.79 Å². The summed E-state index contributed by atoms with van der Waals surface area (Å²) in [6.45, 7) is 10.8. The van der Waals surface area contributed by atoms with Crippen molar-refractivity contribution in [2.45, 2.75) is 51.6 Å². The van der Waals surface area contributed by atoms with E-state index < -0.39 is 5.60 Å². The summed E-state index contributed by atoms with van der Waals surface area (Å²) in [7, 11) is 1.66. The van der Waals surface area contributed by atoms with Gasteiger partial charge in [-0.25, -0.2) is 0 Å². The Labute approximate surface area is 165 Å². The minimum atomic E-state index is -0.608. The third kappa shape index (κ3) is 7.59. The third-order valence-corrected chi connectivity index (χ3v) is 5.35. The van der Waals surface area contributed by atoms with Gasteiger partial charge in [0.05, 0.1) is 0 Å². The summed E-state index contributed by atoms with van der Waals surface area (Å²) in [5, 5.41) is 6.37. The maximum Gasteiger partial charge on any atom is 0.252 e. The Morgan fingerprint density at radius 3 is 2.32 bits per heavy atom. The fraction of sp³-hybridized carbons (Fsp3) is 0.944. The molecule has 1 amide bonds. The molecule has 7 heteroatoms. The average Bonchev–Trinajstić information content (AvgIpc) is 2.54. The highest BCUT2D eigenvalue weighted by Gasteiger charge is 2.39. The van der Waals surface area contributed by atoms with Crippen molar-refractivity contribution in [2.75, 3.05) is 46.4 Å². The number of piperidine rings is 2. The monoisotopic (exact) mass is 397 g/mol. The highest BCUT2D eigenvalue weighted by atomic mass is 35.5. The lowest BCUT2D eigenvalue weighted by atomic mass is 9.91. The first-order valence-electron chi connectivity index (χ1n) is 9.32. The van der Waals surface area contributed by atoms with E-state index in [0.717, 1.165) is 63.7 Å². The van der Waals surface area contributed by atoms with Crippen molar-refractivity contribution in [3.8, 4) is 0 Å². The van der Waals surface area contributed by atoms with Gasteiger partial charge >= 0.3 is 0 Å². The summed E-state index contributed by atoms with van der Waals surface area (Å²) >= 11 is 0. The van der Waals surface area contributed by atoms with Gasteiger partial charge in [0.15, 0.2) is 0 Å². The number of hydrogen-bond acceptors (Lipinski definition) is 4. The number of rotatable bonds is 7. The molecule has 2 aliphatic heterocycles. The molecular weight excluding hydrogens is 361 g/mol. The Balaban J connectivity index is 0.00000288. The van der Waals surface area contributed by atoms with Crippen LogP contribution in [0.25, 0.3) is 0 Å². The predicted octanol–water partition coefficient (Wildman–Crippen LogP) is 2.47. The maximum atomic E-state index is 12.4. The van der Waals surface area contributed by atoms with Gasteiger partial charge in [0.1, 0.15) is 5.60 Å². The van der Waals surface area contributed by atoms with Crippen LogP contribution in [0.15, 0.2) is 0 Å². The molecule has 0 spiro atoms. The van der Waals surface area contributed by atoms with Gasteiger partial charge in [0.2, 0.25) is 0 Å². The third-order valence-electron chi connectivity index (χ3n) is 5.35. The molecule has 2 saturated heterocycles. The van der Waals surface area contributed by atoms with Gasteiger partial charge in [-0.2, -0.15) is 0 Å². The molecule has 2 atom stereocenters. The Kier molecular flexibility index (Phi) is 12.3. The van der Waals surface area contributed by atoms with E-state index in [1.165, 1.54) is 19.5 Å². The van der Waals surface area contributed by atoms with Crippen LogP contribution in [0.4, 0.5) is 0 Å². The van der Waals surface area contributed by atoms with Crippen molar-refractivity contribution in [1.82, 2.24) is 15.5 Å². The van der Waals surface area contributed by atoms with E-state index in [1.54, 1.807) is 7.11 Å². The van der Waals surface area contributed by atoms with Crippen LogP contribution in [0.3, 0.4) is 0 Å². The molecule has 0 radical (unpaired) electrons. The van der Waals surface area contributed by atoms with Crippen LogP contribution >= 0.6 is 24.8 Å². The van der Waals surface area contributed by atoms with Crippen molar-refractivity contribution < 1.29 is 9.53 Å². The highest BCUT2D eigenvalue weighted by Crippen LogP contribution is 2.23. The van der Waals surface area contributed by atoms with E-state index in [1.807, 2.05) is 0 Å². The molecule has 0 saturated carbocycles. The Hall–Kier alpha value is -0.0700. The van der Waals surface area contributed by atoms with Crippen molar-refractivity contribution in [1.29, 1.82) is 0 Å². The van der Waals surface area contributed by atoms with Gasteiger partial charge < -0.3 is 20.3 Å². The zero-order chi connectivity index (χ0) is 16.7. The number of ether oxygens (including phenoxy) is 1. The van der Waals surface area contributed by atoms with Crippen LogP contribution in [-0.2, 0) is 9.53 Å². The number of carbonyl (C=O) groups is 1. The minimum Gasteiger partial charge on any atom is -0.368 e. The van der Waals surface area contributed by atoms with Gasteiger partial charge in [0, 0.05) is 26.7 Å². The molecule has 2 N–H and O–H groups in total. The molecule has 0 aromatic rings. The summed E-state index contributed by atoms with van der Waals surface area (Å²) in [5.74, 6) is 1.71. The molecule has 25 heavy (non-hydrogen) atoms. The number of amides is 1. The van der Waals surface area contributed by atoms with Crippen LogP contribution in [0.5, 0.6) is 0 Å². The second kappa shape index (κ2) is 12.3. The summed E-state index contributed by atoms with van der Waals surface area (Å²) in [6, 6.07) is 0. The maximum absolute atomic E-state index is 12.4. The van der Waals surface area contributed by atoms with E-state index in [0.29, 0.717) is 0 Å². The standard InChI is InChI=1S/C18H35N3O2.2ClH/c1-15-12-16(2)14-21(13-15)11-5-4-8-20-17(22)18(23-3)6-9-19-10-7-18;;/h15-16,19H,4-14H2,1-3H3,(H,20,22);2*1H. The second-order valence-corrected chi connectivity index (χ2v) is 7.62. The smallest absolute Gasteiger partial charge is 0.252 e. The zero-order valence-electron chi connectivity index (χ0n) is 16.0. The lowest BCUT2D eigenvalue weighted by Crippen LogP contribution is -2.54. The molecule has 2 fully saturated rings. The van der Waals surface area contributed by atoms with E-state index in [9.17, 15) is 4.79 Å². The van der Waals surface area contributed by atoms with Gasteiger partial charge in [-0.15, -0.1) is 24.8 Å². The molecule has 2 heterocycles. The van der Waals surface area contributed by atoms with Gasteiger partial charge in [-0.1, -0.05) is 13.8 Å². The Morgan fingerprint density at radius 1 is 1.16 bits per heavy atom. The SMILES string of the molecule is COC1(C(=O)NCCCCN2CC(C)CC(C)C2)CCNCC1.Cl.Cl. The number of likely N-dealkylation sites (tertiary alicyclic amines) is 1. The molecular formula is C18H37Cl2N3O2. The Bertz CT molecular complexity index is 369. The molecule has 2 aliphatic rings. The molecule has 2 rings (SSSR count). The van der Waals surface area contributed by atoms with E-state index in [2.05, 4.69) is 29.4 Å². The van der Waals surface area contributed by atoms with Gasteiger partial charge in [0.25, 0.3) is 5.91 Å². The van der Waals surface area contributed by atoms with E-state index in [-0.39, 0.29) is 30.7 Å². The highest BCUT2D eigenvalue weighted by molar-refractivity contribution is 5.86. The van der Waals surface area contributed by atoms with E-state index >= 15 is 0 Å². The normalized spacial score (nSPS) is 26.2. The molecule has 150 valence electrons. The van der Waals surface area contributed by atoms with Crippen molar-refractivity contribution in [3.05, 3.63) is 0 Å². The van der Waals surface area contributed by atoms with Crippen LogP contribution in [0.2, 0.25) is 0 Å². The lowest BCUT2D eigenvalue weighted by Gasteiger charge is -2.35. The predicted molar refractivity (Wildman–Crippen MR) is 108 cm³/mol. The van der Waals surface area contributed by atoms with Crippen molar-refractivity contribution >= 4 is 30.7 Å². The second-order valence-electron chi connectivity index (χ2n) is 7.62. The van der Waals surface area contributed by atoms with Crippen LogP contribution in [0, 0.1) is 11.8 Å². The minimum absolute atomic E-state index is 0. The lowest BCUT2D eigenvalue weighted by molar-refractivity contribution is -0.146. The zero-order valence-corrected chi connectivity index (χ0v) is 17.6. The molecule has 5 nitrogen and oxygen atoms in total. The number of methoxy groups -OCH3 is 1. The van der Waals surface area contributed by atoms with Crippen LogP contribution in [-0.4, -0.2) is 62.8 Å². The number of unbranched alkanes of at least 4 members (excludes halogenated alkanes) is 1. The van der Waals surface area contributed by atoms with Gasteiger partial charge in [-0.05, 0) is 63.6 Å². The first-order chi connectivity index (χ1) is 11.1. The molecule has 0 bridgehead atoms. The largest absolute Gasteiger partial charge is 0.368 e. The summed E-state index contributed by atoms with van der Waals surface area (Å²) in [5.41, 5.74) is -0.608. The average molecular weight is 398 g/mol. The van der Waals surface area contributed by atoms with Crippen molar-refractivity contribution in [3.63, 3.8) is 0 Å². The molecule has 2 unspecified atom stereocenters. The van der Waals surface area contributed by atoms with Crippen LogP contribution in [0.1, 0.15) is 46.0 Å². The quantitative estimate of drug-likeness (QED) is 0.647. The Morgan fingerprint density at radius 2 is 1.76 bits per heavy atom. The number of nitrogens with one attached hydrogen (secondary N) is 2. The number of halogens is 2. The van der Waals surface area contributed by atoms with Crippen molar-refractivity contribution in [2.24, 2.45) is 11.8 Å². The first-order valence-corrected chi connectivity index (χ1v) is 9.32. The fourth-order valence-corrected chi connectivity index (χ4v) is 4.15. The number of hydrogen-bond donors (Lipinski definition) is 2. The van der Waals surface area contributed by atoms with E-state index in [4.69, 9.17) is 4.74 Å². The topological polar surface area (TPSA) is 53.6 Å². The molecule has 0 aromatic carbocycles. The fourth-order valence-electron chi connectivity index (χ4n) is 4.15. The summed E-state index contributed by atoms with van der Waals surface area (Å²) in [6.07, 6.45) is 5.09. The van der Waals surface area contributed by atoms with Crippen LogP contribution < -0.4 is 10.6 Å². The molecule has 0 aliphatic carbocycles. The number of carbonyl (C=O) groups excluding carboxylic acids is 1.